The maximum Gasteiger partial charge on any atom is 0.416 e. The summed E-state index contributed by atoms with van der Waals surface area (Å²) in [6.45, 7) is -0.0874. The molecule has 6 nitrogen and oxygen atoms in total. The maximum atomic E-state index is 14.1. The second-order valence-corrected chi connectivity index (χ2v) is 11.1. The average molecular weight is 524 g/mol. The maximum absolute atomic E-state index is 14.1. The number of thiophene rings is 1. The summed E-state index contributed by atoms with van der Waals surface area (Å²) >= 11 is 1.17. The number of sulfonamides is 1. The molecule has 0 radical (unpaired) electrons. The second kappa shape index (κ2) is 8.54. The molecule has 35 heavy (non-hydrogen) atoms. The van der Waals surface area contributed by atoms with Crippen molar-refractivity contribution in [2.24, 2.45) is 0 Å². The molecule has 1 aliphatic heterocycles. The smallest absolute Gasteiger partial charge is 0.294 e. The SMILES string of the molecule is O=c1c2c3c(sc2ncn1Cc1ccccc1F)CN(S(=O)(=O)c1cccc(C(F)(F)F)c1)CC3. The molecule has 0 atom stereocenters. The van der Waals surface area contributed by atoms with Crippen molar-refractivity contribution in [3.05, 3.63) is 92.6 Å². The van der Waals surface area contributed by atoms with Crippen LogP contribution in [-0.2, 0) is 35.7 Å². The van der Waals surface area contributed by atoms with E-state index in [2.05, 4.69) is 4.98 Å². The predicted molar refractivity (Wildman–Crippen MR) is 122 cm³/mol. The van der Waals surface area contributed by atoms with Gasteiger partial charge in [0, 0.05) is 23.5 Å². The van der Waals surface area contributed by atoms with Crippen molar-refractivity contribution in [2.75, 3.05) is 6.54 Å². The number of hydrogen-bond donors (Lipinski definition) is 0. The Morgan fingerprint density at radius 2 is 1.86 bits per heavy atom. The molecule has 3 heterocycles. The Morgan fingerprint density at radius 3 is 2.60 bits per heavy atom. The first-order valence-corrected chi connectivity index (χ1v) is 12.7. The largest absolute Gasteiger partial charge is 0.416 e. The van der Waals surface area contributed by atoms with E-state index in [1.54, 1.807) is 18.2 Å². The van der Waals surface area contributed by atoms with Gasteiger partial charge in [-0.1, -0.05) is 24.3 Å². The number of rotatable bonds is 4. The second-order valence-electron chi connectivity index (χ2n) is 8.07. The van der Waals surface area contributed by atoms with Gasteiger partial charge in [0.25, 0.3) is 5.56 Å². The van der Waals surface area contributed by atoms with E-state index in [1.807, 2.05) is 0 Å². The van der Waals surface area contributed by atoms with Crippen LogP contribution in [0.2, 0.25) is 0 Å². The van der Waals surface area contributed by atoms with Gasteiger partial charge in [0.1, 0.15) is 10.6 Å². The molecule has 0 fully saturated rings. The normalized spacial score (nSPS) is 14.9. The summed E-state index contributed by atoms with van der Waals surface area (Å²) < 4.78 is 81.9. The molecule has 0 spiro atoms. The minimum Gasteiger partial charge on any atom is -0.294 e. The van der Waals surface area contributed by atoms with Crippen LogP contribution < -0.4 is 5.56 Å². The van der Waals surface area contributed by atoms with E-state index < -0.39 is 32.5 Å². The number of hydrogen-bond acceptors (Lipinski definition) is 5. The van der Waals surface area contributed by atoms with Gasteiger partial charge in [0.05, 0.1) is 28.7 Å². The topological polar surface area (TPSA) is 72.3 Å². The lowest BCUT2D eigenvalue weighted by molar-refractivity contribution is -0.137. The minimum atomic E-state index is -4.67. The Labute approximate surface area is 201 Å². The lowest BCUT2D eigenvalue weighted by Gasteiger charge is -2.26. The summed E-state index contributed by atoms with van der Waals surface area (Å²) in [5.74, 6) is -0.442. The molecule has 0 N–H and O–H groups in total. The van der Waals surface area contributed by atoms with Crippen molar-refractivity contribution >= 4 is 31.6 Å². The first-order chi connectivity index (χ1) is 16.6. The zero-order chi connectivity index (χ0) is 25.0. The Morgan fingerprint density at radius 1 is 1.09 bits per heavy atom. The third kappa shape index (κ3) is 4.26. The summed E-state index contributed by atoms with van der Waals surface area (Å²) in [5, 5.41) is 0.361. The van der Waals surface area contributed by atoms with Gasteiger partial charge in [0.15, 0.2) is 0 Å². The lowest BCUT2D eigenvalue weighted by atomic mass is 10.1. The van der Waals surface area contributed by atoms with E-state index in [-0.39, 0.29) is 31.6 Å². The fourth-order valence-corrected chi connectivity index (χ4v) is 6.84. The van der Waals surface area contributed by atoms with Gasteiger partial charge in [-0.2, -0.15) is 17.5 Å². The van der Waals surface area contributed by atoms with Gasteiger partial charge < -0.3 is 0 Å². The van der Waals surface area contributed by atoms with E-state index in [4.69, 9.17) is 0 Å². The number of halogens is 4. The van der Waals surface area contributed by atoms with Crippen LogP contribution in [0.3, 0.4) is 0 Å². The summed E-state index contributed by atoms with van der Waals surface area (Å²) in [6, 6.07) is 9.74. The molecule has 12 heteroatoms. The molecule has 0 aliphatic carbocycles. The van der Waals surface area contributed by atoms with E-state index >= 15 is 0 Å². The zero-order valence-electron chi connectivity index (χ0n) is 17.9. The van der Waals surface area contributed by atoms with Gasteiger partial charge in [-0.25, -0.2) is 17.8 Å². The van der Waals surface area contributed by atoms with Crippen molar-refractivity contribution in [1.82, 2.24) is 13.9 Å². The van der Waals surface area contributed by atoms with Crippen molar-refractivity contribution < 1.29 is 26.0 Å². The van der Waals surface area contributed by atoms with Gasteiger partial charge in [-0.05, 0) is 36.2 Å². The molecule has 1 aliphatic rings. The van der Waals surface area contributed by atoms with Crippen LogP contribution in [0.1, 0.15) is 21.6 Å². The predicted octanol–water partition coefficient (Wildman–Crippen LogP) is 4.41. The quantitative estimate of drug-likeness (QED) is 0.372. The monoisotopic (exact) mass is 523 g/mol. The summed E-state index contributed by atoms with van der Waals surface area (Å²) in [4.78, 5) is 18.1. The molecular formula is C23H17F4N3O3S2. The Kier molecular flexibility index (Phi) is 5.77. The number of fused-ring (bicyclic) bond motifs is 3. The zero-order valence-corrected chi connectivity index (χ0v) is 19.6. The minimum absolute atomic E-state index is 0.000933. The number of aromatic nitrogens is 2. The number of nitrogens with zero attached hydrogens (tertiary/aromatic N) is 3. The van der Waals surface area contributed by atoms with E-state index in [0.29, 0.717) is 32.3 Å². The van der Waals surface area contributed by atoms with E-state index in [9.17, 15) is 30.8 Å². The van der Waals surface area contributed by atoms with Crippen LogP contribution in [0.5, 0.6) is 0 Å². The highest BCUT2D eigenvalue weighted by Crippen LogP contribution is 2.35. The summed E-state index contributed by atoms with van der Waals surface area (Å²) in [5.41, 5.74) is -0.401. The first-order valence-electron chi connectivity index (χ1n) is 10.5. The Bertz CT molecular complexity index is 1610. The van der Waals surface area contributed by atoms with Crippen molar-refractivity contribution in [1.29, 1.82) is 0 Å². The van der Waals surface area contributed by atoms with Crippen LogP contribution in [0, 0.1) is 5.82 Å². The molecule has 182 valence electrons. The molecule has 0 bridgehead atoms. The Hall–Kier alpha value is -3.09. The summed E-state index contributed by atoms with van der Waals surface area (Å²) in [7, 11) is -4.19. The molecule has 0 unspecified atom stereocenters. The molecule has 2 aromatic heterocycles. The van der Waals surface area contributed by atoms with Gasteiger partial charge >= 0.3 is 6.18 Å². The van der Waals surface area contributed by atoms with Gasteiger partial charge in [-0.15, -0.1) is 11.3 Å². The van der Waals surface area contributed by atoms with Gasteiger partial charge in [-0.3, -0.25) is 9.36 Å². The molecule has 5 rings (SSSR count). The molecule has 2 aromatic carbocycles. The van der Waals surface area contributed by atoms with Gasteiger partial charge in [0.2, 0.25) is 10.0 Å². The third-order valence-corrected chi connectivity index (χ3v) is 8.86. The highest BCUT2D eigenvalue weighted by atomic mass is 32.2. The molecular weight excluding hydrogens is 506 g/mol. The van der Waals surface area contributed by atoms with Crippen molar-refractivity contribution in [3.8, 4) is 0 Å². The van der Waals surface area contributed by atoms with Crippen LogP contribution in [-0.4, -0.2) is 28.8 Å². The molecule has 0 saturated heterocycles. The highest BCUT2D eigenvalue weighted by Gasteiger charge is 2.35. The fourth-order valence-electron chi connectivity index (χ4n) is 4.11. The van der Waals surface area contributed by atoms with Crippen LogP contribution in [0.25, 0.3) is 10.2 Å². The lowest BCUT2D eigenvalue weighted by Crippen LogP contribution is -2.35. The van der Waals surface area contributed by atoms with Crippen molar-refractivity contribution in [2.45, 2.75) is 30.6 Å². The number of benzene rings is 2. The third-order valence-electron chi connectivity index (χ3n) is 5.89. The number of alkyl halides is 3. The van der Waals surface area contributed by atoms with Crippen LogP contribution >= 0.6 is 11.3 Å². The van der Waals surface area contributed by atoms with Crippen LogP contribution in [0.15, 0.2) is 64.5 Å². The summed E-state index contributed by atoms with van der Waals surface area (Å²) in [6.07, 6.45) is -3.13. The molecule has 0 amide bonds. The first kappa shape index (κ1) is 23.6. The molecule has 0 saturated carbocycles. The van der Waals surface area contributed by atoms with Crippen LogP contribution in [0.4, 0.5) is 17.6 Å². The fraction of sp³-hybridized carbons (Fsp3) is 0.217. The highest BCUT2D eigenvalue weighted by molar-refractivity contribution is 7.89. The van der Waals surface area contributed by atoms with Crippen molar-refractivity contribution in [3.63, 3.8) is 0 Å². The average Bonchev–Trinajstić information content (AvgIpc) is 3.20. The van der Waals surface area contributed by atoms with E-state index in [1.165, 1.54) is 28.3 Å². The molecule has 4 aromatic rings. The standard InChI is InChI=1S/C23H17F4N3O3S2/c24-18-7-2-1-4-14(18)11-29-13-28-21-20(22(29)31)17-8-9-30(12-19(17)34-21)35(32,33)16-6-3-5-15(10-16)23(25,26)27/h1-7,10,13H,8-9,11-12H2. The Balaban J connectivity index is 1.48. The van der Waals surface area contributed by atoms with E-state index in [0.717, 1.165) is 22.5 Å².